The lowest BCUT2D eigenvalue weighted by atomic mass is 9.90. The zero-order valence-corrected chi connectivity index (χ0v) is 76.1. The molecular formula is C89H122N22O21S. The smallest absolute Gasteiger partial charge is 0.303 e. The number of nitrogens with one attached hydrogen (secondary N) is 12. The van der Waals surface area contributed by atoms with Crippen LogP contribution in [-0.2, 0) is 112 Å². The van der Waals surface area contributed by atoms with Gasteiger partial charge >= 0.3 is 5.97 Å². The Bertz CT molecular complexity index is 5190. The number of amides is 16. The molecule has 3 fully saturated rings. The molecule has 0 saturated carbocycles. The summed E-state index contributed by atoms with van der Waals surface area (Å²) in [6, 6.07) is -0.827. The second kappa shape index (κ2) is 48.7. The Hall–Kier alpha value is -13.4. The fraction of sp³-hybridized carbons (Fsp3) is 0.517. The van der Waals surface area contributed by atoms with E-state index in [0.29, 0.717) is 51.3 Å². The molecule has 6 aromatic rings. The molecule has 3 aliphatic rings. The summed E-state index contributed by atoms with van der Waals surface area (Å²) in [5.74, 6) is -20.8. The number of carboxylic acids is 1. The maximum Gasteiger partial charge on any atom is 0.303 e. The van der Waals surface area contributed by atoms with Crippen LogP contribution >= 0.6 is 11.8 Å². The summed E-state index contributed by atoms with van der Waals surface area (Å²) in [5.41, 5.74) is 26.5. The Morgan fingerprint density at radius 2 is 1.19 bits per heavy atom. The van der Waals surface area contributed by atoms with Crippen molar-refractivity contribution in [3.63, 3.8) is 0 Å². The highest BCUT2D eigenvalue weighted by Crippen LogP contribution is 2.30. The van der Waals surface area contributed by atoms with E-state index in [4.69, 9.17) is 22.9 Å². The summed E-state index contributed by atoms with van der Waals surface area (Å²) in [5, 5.41) is 56.5. The lowest BCUT2D eigenvalue weighted by molar-refractivity contribution is -0.151. The van der Waals surface area contributed by atoms with Crippen LogP contribution in [0.5, 0.6) is 5.75 Å². The minimum atomic E-state index is -1.82. The summed E-state index contributed by atoms with van der Waals surface area (Å²) in [7, 11) is 3.90. The van der Waals surface area contributed by atoms with Gasteiger partial charge < -0.3 is 126 Å². The van der Waals surface area contributed by atoms with Crippen molar-refractivity contribution in [2.24, 2.45) is 34.8 Å². The van der Waals surface area contributed by atoms with Crippen molar-refractivity contribution in [2.45, 2.75) is 215 Å². The van der Waals surface area contributed by atoms with Crippen LogP contribution in [0.3, 0.4) is 0 Å². The number of hydrogen-bond acceptors (Lipinski definition) is 24. The third kappa shape index (κ3) is 27.9. The second-order valence-electron chi connectivity index (χ2n) is 33.9. The quantitative estimate of drug-likeness (QED) is 0.0285. The fourth-order valence-electron chi connectivity index (χ4n) is 16.7. The second-order valence-corrected chi connectivity index (χ2v) is 34.9. The molecule has 3 aromatic carbocycles. The Labute approximate surface area is 771 Å². The number of benzene rings is 3. The molecule has 133 heavy (non-hydrogen) atoms. The number of likely N-dealkylation sites (N-methyl/N-ethyl adjacent to an activating group) is 3. The average Bonchev–Trinajstić information content (AvgIpc) is 1.76. The first-order valence-corrected chi connectivity index (χ1v) is 45.4. The molecule has 23 N–H and O–H groups in total. The number of aromatic hydroxyl groups is 1. The number of primary amides is 2. The van der Waals surface area contributed by atoms with E-state index in [0.717, 1.165) is 36.3 Å². The maximum atomic E-state index is 15.8. The molecule has 6 heterocycles. The number of nitrogens with two attached hydrogens (primary N) is 4. The van der Waals surface area contributed by atoms with E-state index in [2.05, 4.69) is 67.8 Å². The molecule has 3 saturated heterocycles. The maximum absolute atomic E-state index is 15.8. The Kier molecular flexibility index (Phi) is 37.8. The van der Waals surface area contributed by atoms with Crippen molar-refractivity contribution in [2.75, 3.05) is 65.4 Å². The first-order chi connectivity index (χ1) is 63.3. The number of fused-ring (bicyclic) bond motifs is 4. The van der Waals surface area contributed by atoms with Crippen molar-refractivity contribution in [1.29, 1.82) is 0 Å². The highest BCUT2D eigenvalue weighted by molar-refractivity contribution is 8.00. The van der Waals surface area contributed by atoms with Crippen molar-refractivity contribution in [3.8, 4) is 5.75 Å². The monoisotopic (exact) mass is 1870 g/mol. The molecule has 9 rings (SSSR count). The largest absolute Gasteiger partial charge is 0.508 e. The predicted octanol–water partition coefficient (Wildman–Crippen LogP) is -3.11. The van der Waals surface area contributed by atoms with Crippen molar-refractivity contribution in [3.05, 3.63) is 120 Å². The van der Waals surface area contributed by atoms with Crippen LogP contribution in [0, 0.1) is 11.8 Å². The molecule has 0 aliphatic carbocycles. The number of thioether (sulfide) groups is 1. The number of aliphatic hydroxyl groups excluding tert-OH is 1. The van der Waals surface area contributed by atoms with Gasteiger partial charge in [-0.25, -0.2) is 4.98 Å². The van der Waals surface area contributed by atoms with Gasteiger partial charge in [-0.15, -0.1) is 11.8 Å². The van der Waals surface area contributed by atoms with Gasteiger partial charge in [-0.2, -0.15) is 0 Å². The molecule has 720 valence electrons. The molecule has 3 aromatic heterocycles. The molecule has 43 nitrogen and oxygen atoms in total. The lowest BCUT2D eigenvalue weighted by Crippen LogP contribution is -2.62. The number of aromatic amines is 3. The molecule has 0 spiro atoms. The SMILES string of the molecule is CCCC[C@H]1C(=O)N[C@@H](CN)C(=O)N[C@H](C(=O)NCC(N)=O)CSCC(=O)N[C@@H](Cc2ccc(O)cc2)C(=O)N(C)[C@@H](C)C(=O)N[C@@H](CC(N)=O)C(=O)N2CCC[C@H]2C(=O)N[C@@H](Cc2c[nH]cn2)C(=O)N[C@@H](CCC(=O)O)C(=O)N2C[C@H](O)C[C@H]2C(=O)C[C@@H](Cc2c[nH]c3ccccc23)C(=O)N[C@@H](CCN)C(=O)N[C@@H](Cc2c[nH]c3ccccc23)C(=O)N(C)[C@@H](C(C)CC)C(=O)N1C. The number of carboxylic acid groups (broad SMARTS) is 1. The van der Waals surface area contributed by atoms with Crippen LogP contribution < -0.4 is 70.8 Å². The number of phenols is 1. The van der Waals surface area contributed by atoms with E-state index in [1.165, 1.54) is 64.9 Å². The van der Waals surface area contributed by atoms with Crippen molar-refractivity contribution >= 4 is 140 Å². The van der Waals surface area contributed by atoms with Gasteiger partial charge in [0.15, 0.2) is 5.78 Å². The molecule has 0 radical (unpaired) electrons. The van der Waals surface area contributed by atoms with Crippen molar-refractivity contribution < 1.29 is 102 Å². The van der Waals surface area contributed by atoms with E-state index >= 15 is 33.6 Å². The van der Waals surface area contributed by atoms with E-state index in [1.807, 2.05) is 6.92 Å². The van der Waals surface area contributed by atoms with Crippen LogP contribution in [0.25, 0.3) is 21.8 Å². The number of Topliss-reactive ketones (excluding diaryl/α,β-unsaturated/α-hetero) is 1. The summed E-state index contributed by atoms with van der Waals surface area (Å²) in [4.78, 5) is 281. The Balaban J connectivity index is 1.10. The minimum Gasteiger partial charge on any atom is -0.508 e. The normalized spacial score (nSPS) is 25.2. The Morgan fingerprint density at radius 1 is 0.594 bits per heavy atom. The molecule has 44 heteroatoms. The first kappa shape index (κ1) is 103. The standard InChI is InChI=1S/C89H122N22O21S/c1-8-10-20-68-83(126)105-66(38-91)82(125)106-67(79(122)97-42-73(93)116)44-133-45-74(117)99-63(31-49-22-24-54(112)25-23-49)85(128)107(5)48(4)77(120)103-65(37-72(92)115)88(131)110-30-15-21-69(110)84(127)102-62(35-53-41-94-46-98-53)81(124)101-61(26-27-75(118)119)87(130)111-43-55(113)36-70(111)71(114)34-50(32-51-39-95-58-18-13-11-16-56(51)58)78(121)100-60(28-29-90)80(123)104-64(33-52-40-96-59-19-14-12-17-57(52)59)86(129)109(7)76(47(3)9-2)89(132)108(68)6/h11-14,16-19,22-25,39-41,46-48,50,55,60-70,76,95-96,112-113H,8-10,15,20-21,26-38,42-45,90-91H2,1-7H3,(H2,92,115)(H2,93,116)(H,94,98)(H,97,122)(H,99,117)(H,100,121)(H,101,124)(H,102,127)(H,103,120)(H,104,123)(H,105,126)(H,106,125)(H,118,119)/t47?,48-,50+,55+,60-,61-,62-,63-,64-,65-,66-,67-,68-,69-,70-,76-/m0/s1. The van der Waals surface area contributed by atoms with Gasteiger partial charge in [-0.05, 0) is 98.9 Å². The highest BCUT2D eigenvalue weighted by Gasteiger charge is 2.47. The van der Waals surface area contributed by atoms with Gasteiger partial charge in [0.25, 0.3) is 0 Å². The molecular weight excluding hydrogens is 1750 g/mol. The predicted molar refractivity (Wildman–Crippen MR) is 485 cm³/mol. The number of hydrogen-bond donors (Lipinski definition) is 19. The van der Waals surface area contributed by atoms with Crippen molar-refractivity contribution in [1.82, 2.24) is 92.3 Å². The van der Waals surface area contributed by atoms with Gasteiger partial charge in [0, 0.05) is 131 Å². The topological polar surface area (TPSA) is 657 Å². The van der Waals surface area contributed by atoms with Gasteiger partial charge in [0.05, 0.1) is 42.9 Å². The molecule has 16 atom stereocenters. The lowest BCUT2D eigenvalue weighted by Gasteiger charge is -2.38. The number of ketones is 1. The van der Waals surface area contributed by atoms with Crippen LogP contribution in [0.2, 0.25) is 0 Å². The number of aromatic nitrogens is 4. The van der Waals surface area contributed by atoms with Crippen LogP contribution in [0.15, 0.2) is 97.7 Å². The van der Waals surface area contributed by atoms with E-state index in [-0.39, 0.29) is 75.9 Å². The third-order valence-electron chi connectivity index (χ3n) is 24.3. The molecule has 0 bridgehead atoms. The average molecular weight is 1870 g/mol. The van der Waals surface area contributed by atoms with Gasteiger partial charge in [-0.1, -0.05) is 88.6 Å². The fourth-order valence-corrected chi connectivity index (χ4v) is 17.5. The number of imidazole rings is 1. The van der Waals surface area contributed by atoms with Crippen LogP contribution in [0.4, 0.5) is 0 Å². The minimum absolute atomic E-state index is 0.0147. The van der Waals surface area contributed by atoms with Gasteiger partial charge in [-0.3, -0.25) is 86.3 Å². The molecule has 16 amide bonds. The number of nitrogens with zero attached hydrogens (tertiary/aromatic N) is 6. The molecule has 3 aliphatic heterocycles. The van der Waals surface area contributed by atoms with E-state index < -0.39 is 272 Å². The van der Waals surface area contributed by atoms with E-state index in [1.54, 1.807) is 74.8 Å². The highest BCUT2D eigenvalue weighted by atomic mass is 32.2. The number of H-pyrrole nitrogens is 3. The van der Waals surface area contributed by atoms with Crippen LogP contribution in [-0.4, -0.2) is 316 Å². The summed E-state index contributed by atoms with van der Waals surface area (Å²) < 4.78 is 0. The zero-order valence-electron chi connectivity index (χ0n) is 75.3. The zero-order chi connectivity index (χ0) is 97.2. The number of carbonyl (C=O) groups is 18. The first-order valence-electron chi connectivity index (χ1n) is 44.3. The van der Waals surface area contributed by atoms with Gasteiger partial charge in [0.1, 0.15) is 78.3 Å². The number of aliphatic carboxylic acids is 1. The number of para-hydroxylation sites is 2. The van der Waals surface area contributed by atoms with Gasteiger partial charge in [0.2, 0.25) is 94.5 Å². The summed E-state index contributed by atoms with van der Waals surface area (Å²) in [6.45, 7) is 4.27. The number of rotatable bonds is 24. The number of aliphatic hydroxyl groups is 1. The molecule has 1 unspecified atom stereocenters. The number of unbranched alkanes of at least 4 members (excludes halogenated alkanes) is 1. The van der Waals surface area contributed by atoms with E-state index in [9.17, 15) is 68.1 Å². The third-order valence-corrected chi connectivity index (χ3v) is 25.4. The van der Waals surface area contributed by atoms with Crippen LogP contribution in [0.1, 0.15) is 127 Å². The Morgan fingerprint density at radius 3 is 1.80 bits per heavy atom. The summed E-state index contributed by atoms with van der Waals surface area (Å²) >= 11 is 0.750. The summed E-state index contributed by atoms with van der Waals surface area (Å²) in [6.07, 6.45) is 0.890. The number of carbonyl (C=O) groups excluding carboxylic acids is 17. The number of phenolic OH excluding ortho intramolecular Hbond substituents is 1.